The third-order valence-electron chi connectivity index (χ3n) is 5.52. The van der Waals surface area contributed by atoms with E-state index >= 15 is 0 Å². The van der Waals surface area contributed by atoms with E-state index in [-0.39, 0.29) is 0 Å². The fourth-order valence-electron chi connectivity index (χ4n) is 4.12. The first-order valence-corrected chi connectivity index (χ1v) is 9.48. The molecule has 0 radical (unpaired) electrons. The maximum Gasteiger partial charge on any atom is 0.119 e. The molecule has 1 aromatic carbocycles. The lowest BCUT2D eigenvalue weighted by molar-refractivity contribution is 0.229. The molecule has 0 amide bonds. The first-order chi connectivity index (χ1) is 11.4. The van der Waals surface area contributed by atoms with Crippen molar-refractivity contribution in [3.05, 3.63) is 29.8 Å². The molecule has 0 spiro atoms. The lowest BCUT2D eigenvalue weighted by Gasteiger charge is -2.30. The molecular formula is C20H32N2O. The molecule has 1 heterocycles. The van der Waals surface area contributed by atoms with E-state index in [1.54, 1.807) is 7.11 Å². The number of benzene rings is 1. The predicted molar refractivity (Wildman–Crippen MR) is 96.0 cm³/mol. The van der Waals surface area contributed by atoms with Crippen molar-refractivity contribution in [2.45, 2.75) is 63.5 Å². The zero-order chi connectivity index (χ0) is 15.9. The Hall–Kier alpha value is -1.06. The van der Waals surface area contributed by atoms with Crippen LogP contribution in [0.5, 0.6) is 5.75 Å². The summed E-state index contributed by atoms with van der Waals surface area (Å²) in [5.41, 5.74) is 1.40. The summed E-state index contributed by atoms with van der Waals surface area (Å²) in [5, 5.41) is 3.89. The topological polar surface area (TPSA) is 24.5 Å². The molecule has 3 rings (SSSR count). The van der Waals surface area contributed by atoms with Crippen molar-refractivity contribution in [1.29, 1.82) is 0 Å². The number of rotatable bonds is 6. The molecule has 3 nitrogen and oxygen atoms in total. The molecule has 1 N–H and O–H groups in total. The molecule has 1 aliphatic heterocycles. The maximum atomic E-state index is 5.44. The minimum absolute atomic E-state index is 0.482. The van der Waals surface area contributed by atoms with Gasteiger partial charge in [0.25, 0.3) is 0 Å². The predicted octanol–water partition coefficient (Wildman–Crippen LogP) is 4.14. The van der Waals surface area contributed by atoms with Crippen LogP contribution in [0.1, 0.15) is 63.0 Å². The quantitative estimate of drug-likeness (QED) is 0.798. The first-order valence-electron chi connectivity index (χ1n) is 9.48. The van der Waals surface area contributed by atoms with Gasteiger partial charge in [-0.1, -0.05) is 37.8 Å². The molecule has 1 aliphatic carbocycles. The number of hydrogen-bond acceptors (Lipinski definition) is 3. The molecular weight excluding hydrogens is 284 g/mol. The van der Waals surface area contributed by atoms with Crippen molar-refractivity contribution >= 4 is 0 Å². The molecule has 0 bridgehead atoms. The van der Waals surface area contributed by atoms with Gasteiger partial charge in [0.15, 0.2) is 0 Å². The zero-order valence-electron chi connectivity index (χ0n) is 14.6. The fraction of sp³-hybridized carbons (Fsp3) is 0.700. The molecule has 128 valence electrons. The Bertz CT molecular complexity index is 462. The van der Waals surface area contributed by atoms with Gasteiger partial charge in [0, 0.05) is 18.6 Å². The fourth-order valence-corrected chi connectivity index (χ4v) is 4.12. The van der Waals surface area contributed by atoms with E-state index in [2.05, 4.69) is 28.4 Å². The van der Waals surface area contributed by atoms with Crippen molar-refractivity contribution in [1.82, 2.24) is 10.2 Å². The van der Waals surface area contributed by atoms with Crippen molar-refractivity contribution in [3.63, 3.8) is 0 Å². The number of ether oxygens (including phenoxy) is 1. The van der Waals surface area contributed by atoms with Crippen molar-refractivity contribution in [3.8, 4) is 5.75 Å². The van der Waals surface area contributed by atoms with E-state index in [0.29, 0.717) is 12.1 Å². The van der Waals surface area contributed by atoms with E-state index in [9.17, 15) is 0 Å². The molecule has 3 heteroatoms. The highest BCUT2D eigenvalue weighted by Gasteiger charge is 2.24. The van der Waals surface area contributed by atoms with Gasteiger partial charge in [0.05, 0.1) is 7.11 Å². The van der Waals surface area contributed by atoms with Crippen LogP contribution in [0.25, 0.3) is 0 Å². The molecule has 1 unspecified atom stereocenters. The molecule has 1 aromatic rings. The maximum absolute atomic E-state index is 5.44. The summed E-state index contributed by atoms with van der Waals surface area (Å²) < 4.78 is 5.44. The van der Waals surface area contributed by atoms with Crippen LogP contribution >= 0.6 is 0 Å². The second-order valence-electron chi connectivity index (χ2n) is 7.13. The van der Waals surface area contributed by atoms with E-state index in [0.717, 1.165) is 12.3 Å². The molecule has 0 aromatic heterocycles. The second kappa shape index (κ2) is 8.70. The van der Waals surface area contributed by atoms with Crippen molar-refractivity contribution in [2.75, 3.05) is 26.7 Å². The van der Waals surface area contributed by atoms with Crippen LogP contribution in [0.4, 0.5) is 0 Å². The smallest absolute Gasteiger partial charge is 0.119 e. The summed E-state index contributed by atoms with van der Waals surface area (Å²) in [7, 11) is 1.76. The third kappa shape index (κ3) is 4.71. The Balaban J connectivity index is 1.67. The van der Waals surface area contributed by atoms with Gasteiger partial charge < -0.3 is 10.1 Å². The minimum Gasteiger partial charge on any atom is -0.497 e. The third-order valence-corrected chi connectivity index (χ3v) is 5.52. The summed E-state index contributed by atoms with van der Waals surface area (Å²) >= 11 is 0. The van der Waals surface area contributed by atoms with Gasteiger partial charge in [-0.2, -0.15) is 0 Å². The van der Waals surface area contributed by atoms with Crippen LogP contribution in [-0.2, 0) is 0 Å². The molecule has 2 fully saturated rings. The van der Waals surface area contributed by atoms with E-state index < -0.39 is 0 Å². The number of likely N-dealkylation sites (tertiary alicyclic amines) is 1. The Morgan fingerprint density at radius 3 is 2.52 bits per heavy atom. The van der Waals surface area contributed by atoms with Gasteiger partial charge in [-0.3, -0.25) is 4.90 Å². The van der Waals surface area contributed by atoms with Gasteiger partial charge in [0.2, 0.25) is 0 Å². The molecule has 1 atom stereocenters. The number of nitrogens with one attached hydrogen (secondary N) is 1. The first kappa shape index (κ1) is 16.8. The van der Waals surface area contributed by atoms with E-state index in [4.69, 9.17) is 4.74 Å². The van der Waals surface area contributed by atoms with Gasteiger partial charge in [-0.15, -0.1) is 0 Å². The van der Waals surface area contributed by atoms with Gasteiger partial charge in [0.1, 0.15) is 5.75 Å². The molecule has 23 heavy (non-hydrogen) atoms. The zero-order valence-corrected chi connectivity index (χ0v) is 14.6. The Labute approximate surface area is 141 Å². The molecule has 1 saturated heterocycles. The van der Waals surface area contributed by atoms with Crippen molar-refractivity contribution in [2.24, 2.45) is 0 Å². The van der Waals surface area contributed by atoms with Gasteiger partial charge >= 0.3 is 0 Å². The summed E-state index contributed by atoms with van der Waals surface area (Å²) in [6.45, 7) is 3.53. The number of hydrogen-bond donors (Lipinski definition) is 1. The second-order valence-corrected chi connectivity index (χ2v) is 7.13. The normalized spacial score (nSPS) is 22.0. The minimum atomic E-state index is 0.482. The van der Waals surface area contributed by atoms with Crippen LogP contribution in [0.15, 0.2) is 24.3 Å². The summed E-state index contributed by atoms with van der Waals surface area (Å²) in [6, 6.07) is 9.86. The average molecular weight is 316 g/mol. The number of nitrogens with zero attached hydrogens (tertiary/aromatic N) is 1. The van der Waals surface area contributed by atoms with Crippen LogP contribution < -0.4 is 10.1 Å². The monoisotopic (exact) mass is 316 g/mol. The van der Waals surface area contributed by atoms with Crippen LogP contribution in [0.3, 0.4) is 0 Å². The van der Waals surface area contributed by atoms with Crippen LogP contribution in [-0.4, -0.2) is 37.7 Å². The molecule has 2 aliphatic rings. The van der Waals surface area contributed by atoms with Crippen molar-refractivity contribution < 1.29 is 4.74 Å². The Kier molecular flexibility index (Phi) is 6.35. The van der Waals surface area contributed by atoms with Gasteiger partial charge in [-0.05, 0) is 56.5 Å². The molecule has 1 saturated carbocycles. The Morgan fingerprint density at radius 2 is 1.83 bits per heavy atom. The SMILES string of the molecule is COc1cccc(C(CNC2CCCCCC2)N2CCCC2)c1. The van der Waals surface area contributed by atoms with Crippen LogP contribution in [0.2, 0.25) is 0 Å². The largest absolute Gasteiger partial charge is 0.497 e. The van der Waals surface area contributed by atoms with E-state index in [1.165, 1.54) is 70.0 Å². The Morgan fingerprint density at radius 1 is 1.09 bits per heavy atom. The summed E-state index contributed by atoms with van der Waals surface area (Å²) in [6.07, 6.45) is 11.0. The highest BCUT2D eigenvalue weighted by atomic mass is 16.5. The summed E-state index contributed by atoms with van der Waals surface area (Å²) in [5.74, 6) is 0.973. The summed E-state index contributed by atoms with van der Waals surface area (Å²) in [4.78, 5) is 2.65. The standard InChI is InChI=1S/C20H32N2O/c1-23-19-12-8-9-17(15-19)20(22-13-6-7-14-22)16-21-18-10-4-2-3-5-11-18/h8-9,12,15,18,20-21H,2-7,10-11,13-14,16H2,1H3. The van der Waals surface area contributed by atoms with Crippen LogP contribution in [0, 0.1) is 0 Å². The lowest BCUT2D eigenvalue weighted by atomic mass is 10.0. The van der Waals surface area contributed by atoms with Gasteiger partial charge in [-0.25, -0.2) is 0 Å². The van der Waals surface area contributed by atoms with E-state index in [1.807, 2.05) is 6.07 Å². The highest BCUT2D eigenvalue weighted by Crippen LogP contribution is 2.28. The number of methoxy groups -OCH3 is 1. The highest BCUT2D eigenvalue weighted by molar-refractivity contribution is 5.31. The lowest BCUT2D eigenvalue weighted by Crippen LogP contribution is -2.38. The average Bonchev–Trinajstić information content (AvgIpc) is 2.99.